The van der Waals surface area contributed by atoms with E-state index < -0.39 is 16.7 Å². The van der Waals surface area contributed by atoms with Crippen LogP contribution in [0.3, 0.4) is 0 Å². The van der Waals surface area contributed by atoms with Gasteiger partial charge in [-0.05, 0) is 24.3 Å². The van der Waals surface area contributed by atoms with Crippen molar-refractivity contribution in [1.82, 2.24) is 10.9 Å². The quantitative estimate of drug-likeness (QED) is 0.654. The maximum absolute atomic E-state index is 11.9. The van der Waals surface area contributed by atoms with Crippen LogP contribution in [0.15, 0.2) is 42.5 Å². The standard InChI is InChI=1S/C14H9Cl2N3O4/c15-10-6-5-8(7-11(10)16)13(20)17-18-14(21)9-3-1-2-4-12(9)19(22)23/h1-7H,(H,17,20)(H,18,21). The van der Waals surface area contributed by atoms with Crippen molar-refractivity contribution in [2.45, 2.75) is 0 Å². The van der Waals surface area contributed by atoms with Crippen molar-refractivity contribution >= 4 is 40.7 Å². The molecule has 23 heavy (non-hydrogen) atoms. The van der Waals surface area contributed by atoms with E-state index in [2.05, 4.69) is 10.9 Å². The molecular formula is C14H9Cl2N3O4. The average molecular weight is 354 g/mol. The summed E-state index contributed by atoms with van der Waals surface area (Å²) in [6.07, 6.45) is 0. The molecule has 0 unspecified atom stereocenters. The van der Waals surface area contributed by atoms with Gasteiger partial charge in [0.15, 0.2) is 0 Å². The lowest BCUT2D eigenvalue weighted by molar-refractivity contribution is -0.385. The van der Waals surface area contributed by atoms with Crippen LogP contribution in [0, 0.1) is 10.1 Å². The number of nitro benzene ring substituents is 1. The van der Waals surface area contributed by atoms with E-state index in [9.17, 15) is 19.7 Å². The van der Waals surface area contributed by atoms with Crippen LogP contribution in [0.1, 0.15) is 20.7 Å². The summed E-state index contributed by atoms with van der Waals surface area (Å²) in [4.78, 5) is 34.0. The predicted octanol–water partition coefficient (Wildman–Crippen LogP) is 2.98. The van der Waals surface area contributed by atoms with Gasteiger partial charge in [-0.3, -0.25) is 30.6 Å². The number of nitro groups is 1. The second kappa shape index (κ2) is 7.08. The molecule has 0 aliphatic carbocycles. The molecular weight excluding hydrogens is 345 g/mol. The summed E-state index contributed by atoms with van der Waals surface area (Å²) in [5.41, 5.74) is 3.88. The molecule has 2 aromatic rings. The fourth-order valence-corrected chi connectivity index (χ4v) is 2.01. The van der Waals surface area contributed by atoms with E-state index in [0.717, 1.165) is 0 Å². The SMILES string of the molecule is O=C(NNC(=O)c1ccccc1[N+](=O)[O-])c1ccc(Cl)c(Cl)c1. The lowest BCUT2D eigenvalue weighted by atomic mass is 10.2. The van der Waals surface area contributed by atoms with Crippen LogP contribution >= 0.6 is 23.2 Å². The van der Waals surface area contributed by atoms with Crippen molar-refractivity contribution in [2.24, 2.45) is 0 Å². The lowest BCUT2D eigenvalue weighted by Gasteiger charge is -2.08. The van der Waals surface area contributed by atoms with E-state index >= 15 is 0 Å². The Kier molecular flexibility index (Phi) is 5.15. The Morgan fingerprint density at radius 3 is 2.26 bits per heavy atom. The Balaban J connectivity index is 2.08. The van der Waals surface area contributed by atoms with E-state index in [1.54, 1.807) is 0 Å². The highest BCUT2D eigenvalue weighted by Gasteiger charge is 2.19. The molecule has 2 N–H and O–H groups in total. The monoisotopic (exact) mass is 353 g/mol. The van der Waals surface area contributed by atoms with Crippen molar-refractivity contribution in [3.05, 3.63) is 73.8 Å². The number of rotatable bonds is 3. The molecule has 9 heteroatoms. The van der Waals surface area contributed by atoms with Crippen molar-refractivity contribution in [3.63, 3.8) is 0 Å². The van der Waals surface area contributed by atoms with Gasteiger partial charge in [-0.25, -0.2) is 0 Å². The van der Waals surface area contributed by atoms with Gasteiger partial charge in [0.05, 0.1) is 15.0 Å². The van der Waals surface area contributed by atoms with Crippen LogP contribution in [0.25, 0.3) is 0 Å². The largest absolute Gasteiger partial charge is 0.282 e. The Morgan fingerprint density at radius 2 is 1.61 bits per heavy atom. The number of amides is 2. The minimum Gasteiger partial charge on any atom is -0.267 e. The van der Waals surface area contributed by atoms with Crippen LogP contribution in [-0.4, -0.2) is 16.7 Å². The molecule has 0 spiro atoms. The number of hydrogen-bond acceptors (Lipinski definition) is 4. The molecule has 7 nitrogen and oxygen atoms in total. The number of para-hydroxylation sites is 1. The molecule has 0 atom stereocenters. The molecule has 2 rings (SSSR count). The zero-order valence-corrected chi connectivity index (χ0v) is 12.9. The second-order valence-corrected chi connectivity index (χ2v) is 5.13. The predicted molar refractivity (Wildman–Crippen MR) is 84.5 cm³/mol. The number of benzene rings is 2. The van der Waals surface area contributed by atoms with Crippen LogP contribution < -0.4 is 10.9 Å². The topological polar surface area (TPSA) is 101 Å². The first-order valence-electron chi connectivity index (χ1n) is 6.19. The van der Waals surface area contributed by atoms with Gasteiger partial charge in [-0.1, -0.05) is 35.3 Å². The first kappa shape index (κ1) is 16.7. The summed E-state index contributed by atoms with van der Waals surface area (Å²) in [6, 6.07) is 9.56. The summed E-state index contributed by atoms with van der Waals surface area (Å²) in [7, 11) is 0. The molecule has 0 aromatic heterocycles. The molecule has 2 aromatic carbocycles. The molecule has 118 valence electrons. The van der Waals surface area contributed by atoms with Gasteiger partial charge in [0.1, 0.15) is 5.56 Å². The van der Waals surface area contributed by atoms with Crippen LogP contribution in [0.5, 0.6) is 0 Å². The normalized spacial score (nSPS) is 10.0. The highest BCUT2D eigenvalue weighted by molar-refractivity contribution is 6.42. The summed E-state index contributed by atoms with van der Waals surface area (Å²) < 4.78 is 0. The molecule has 0 bridgehead atoms. The fourth-order valence-electron chi connectivity index (χ4n) is 1.72. The second-order valence-electron chi connectivity index (χ2n) is 4.31. The van der Waals surface area contributed by atoms with Gasteiger partial charge in [0.2, 0.25) is 0 Å². The molecule has 0 aliphatic heterocycles. The highest BCUT2D eigenvalue weighted by atomic mass is 35.5. The Morgan fingerprint density at radius 1 is 0.957 bits per heavy atom. The van der Waals surface area contributed by atoms with Crippen LogP contribution in [0.2, 0.25) is 10.0 Å². The van der Waals surface area contributed by atoms with Crippen molar-refractivity contribution in [1.29, 1.82) is 0 Å². The summed E-state index contributed by atoms with van der Waals surface area (Å²) >= 11 is 11.5. The van der Waals surface area contributed by atoms with Gasteiger partial charge in [0, 0.05) is 11.6 Å². The first-order valence-corrected chi connectivity index (χ1v) is 6.95. The smallest absolute Gasteiger partial charge is 0.267 e. The highest BCUT2D eigenvalue weighted by Crippen LogP contribution is 2.22. The maximum atomic E-state index is 11.9. The maximum Gasteiger partial charge on any atom is 0.282 e. The molecule has 2 amide bonds. The number of halogens is 2. The minimum absolute atomic E-state index is 0.169. The third-order valence-corrected chi connectivity index (χ3v) is 3.56. The van der Waals surface area contributed by atoms with Gasteiger partial charge in [0.25, 0.3) is 17.5 Å². The van der Waals surface area contributed by atoms with Crippen LogP contribution in [0.4, 0.5) is 5.69 Å². The molecule has 0 radical (unpaired) electrons. The van der Waals surface area contributed by atoms with E-state index in [1.807, 2.05) is 0 Å². The lowest BCUT2D eigenvalue weighted by Crippen LogP contribution is -2.41. The van der Waals surface area contributed by atoms with E-state index in [0.29, 0.717) is 0 Å². The summed E-state index contributed by atoms with van der Waals surface area (Å²) in [6.45, 7) is 0. The summed E-state index contributed by atoms with van der Waals surface area (Å²) in [5, 5.41) is 11.3. The molecule has 0 heterocycles. The van der Waals surface area contributed by atoms with Gasteiger partial charge < -0.3 is 0 Å². The third kappa shape index (κ3) is 3.97. The minimum atomic E-state index is -0.814. The molecule has 0 fully saturated rings. The number of hydrazine groups is 1. The molecule has 0 saturated carbocycles. The number of nitrogens with zero attached hydrogens (tertiary/aromatic N) is 1. The van der Waals surface area contributed by atoms with Crippen molar-refractivity contribution in [3.8, 4) is 0 Å². The van der Waals surface area contributed by atoms with Gasteiger partial charge in [-0.15, -0.1) is 0 Å². The van der Waals surface area contributed by atoms with Crippen molar-refractivity contribution in [2.75, 3.05) is 0 Å². The third-order valence-electron chi connectivity index (χ3n) is 2.82. The fraction of sp³-hybridized carbons (Fsp3) is 0. The van der Waals surface area contributed by atoms with E-state index in [-0.39, 0.29) is 26.9 Å². The van der Waals surface area contributed by atoms with Gasteiger partial charge >= 0.3 is 0 Å². The van der Waals surface area contributed by atoms with E-state index in [1.165, 1.54) is 42.5 Å². The number of carbonyl (C=O) groups excluding carboxylic acids is 2. The Bertz CT molecular complexity index is 795. The molecule has 0 aliphatic rings. The number of carbonyl (C=O) groups is 2. The number of nitrogens with one attached hydrogen (secondary N) is 2. The first-order chi connectivity index (χ1) is 10.9. The average Bonchev–Trinajstić information content (AvgIpc) is 2.54. The van der Waals surface area contributed by atoms with Crippen LogP contribution in [-0.2, 0) is 0 Å². The summed E-state index contributed by atoms with van der Waals surface area (Å²) in [5.74, 6) is -1.46. The zero-order valence-electron chi connectivity index (χ0n) is 11.4. The Labute approximate surface area is 140 Å². The molecule has 0 saturated heterocycles. The van der Waals surface area contributed by atoms with Gasteiger partial charge in [-0.2, -0.15) is 0 Å². The Hall–Kier alpha value is -2.64. The van der Waals surface area contributed by atoms with Crippen molar-refractivity contribution < 1.29 is 14.5 Å². The number of hydrogen-bond donors (Lipinski definition) is 2. The zero-order chi connectivity index (χ0) is 17.0. The van der Waals surface area contributed by atoms with E-state index in [4.69, 9.17) is 23.2 Å².